The van der Waals surface area contributed by atoms with Crippen LogP contribution >= 0.6 is 23.1 Å². The molecule has 9 heteroatoms. The fourth-order valence-corrected chi connectivity index (χ4v) is 3.82. The van der Waals surface area contributed by atoms with Gasteiger partial charge in [0.1, 0.15) is 5.75 Å². The monoisotopic (exact) mass is 414 g/mol. The van der Waals surface area contributed by atoms with Crippen LogP contribution in [0.25, 0.3) is 0 Å². The van der Waals surface area contributed by atoms with Gasteiger partial charge in [0, 0.05) is 5.69 Å². The van der Waals surface area contributed by atoms with Gasteiger partial charge < -0.3 is 15.4 Å². The minimum Gasteiger partial charge on any atom is -0.497 e. The number of nitrogens with zero attached hydrogens (tertiary/aromatic N) is 2. The highest BCUT2D eigenvalue weighted by Crippen LogP contribution is 2.25. The number of nitrogens with one attached hydrogen (secondary N) is 2. The number of para-hydroxylation sites is 1. The van der Waals surface area contributed by atoms with E-state index in [1.54, 1.807) is 7.11 Å². The zero-order valence-corrected chi connectivity index (χ0v) is 16.7. The number of methoxy groups -OCH3 is 1. The Morgan fingerprint density at radius 1 is 1.00 bits per heavy atom. The van der Waals surface area contributed by atoms with Crippen LogP contribution in [-0.2, 0) is 16.0 Å². The number of ether oxygens (including phenoxy) is 1. The van der Waals surface area contributed by atoms with Gasteiger partial charge in [0.15, 0.2) is 4.34 Å². The van der Waals surface area contributed by atoms with Gasteiger partial charge in [-0.25, -0.2) is 0 Å². The molecule has 0 aliphatic rings. The second-order valence-corrected chi connectivity index (χ2v) is 7.85. The molecule has 144 valence electrons. The van der Waals surface area contributed by atoms with Crippen molar-refractivity contribution in [2.24, 2.45) is 0 Å². The lowest BCUT2D eigenvalue weighted by Gasteiger charge is -2.03. The number of amides is 2. The van der Waals surface area contributed by atoms with E-state index in [1.165, 1.54) is 23.1 Å². The van der Waals surface area contributed by atoms with Crippen molar-refractivity contribution in [3.8, 4) is 5.75 Å². The third-order valence-electron chi connectivity index (χ3n) is 3.56. The summed E-state index contributed by atoms with van der Waals surface area (Å²) >= 11 is 2.51. The maximum atomic E-state index is 12.1. The number of hydrogen-bond donors (Lipinski definition) is 2. The topological polar surface area (TPSA) is 93.2 Å². The molecular weight excluding hydrogens is 396 g/mol. The van der Waals surface area contributed by atoms with E-state index in [0.29, 0.717) is 9.47 Å². The second kappa shape index (κ2) is 9.86. The average molecular weight is 415 g/mol. The first-order valence-corrected chi connectivity index (χ1v) is 10.2. The molecule has 0 spiro atoms. The average Bonchev–Trinajstić information content (AvgIpc) is 3.15. The first-order chi connectivity index (χ1) is 13.6. The Balaban J connectivity index is 1.45. The van der Waals surface area contributed by atoms with Gasteiger partial charge in [-0.1, -0.05) is 53.4 Å². The molecule has 1 aromatic heterocycles. The highest BCUT2D eigenvalue weighted by atomic mass is 32.2. The Kier molecular flexibility index (Phi) is 6.99. The minimum absolute atomic E-state index is 0.128. The molecule has 0 bridgehead atoms. The maximum Gasteiger partial charge on any atom is 0.234 e. The molecule has 0 radical (unpaired) electrons. The van der Waals surface area contributed by atoms with Crippen LogP contribution < -0.4 is 15.4 Å². The van der Waals surface area contributed by atoms with E-state index in [0.717, 1.165) is 17.0 Å². The van der Waals surface area contributed by atoms with Crippen LogP contribution in [0.1, 0.15) is 5.56 Å². The molecule has 2 amide bonds. The predicted molar refractivity (Wildman–Crippen MR) is 111 cm³/mol. The molecule has 0 saturated heterocycles. The predicted octanol–water partition coefficient (Wildman–Crippen LogP) is 3.46. The van der Waals surface area contributed by atoms with Crippen molar-refractivity contribution in [3.63, 3.8) is 0 Å². The van der Waals surface area contributed by atoms with Crippen LogP contribution in [0.4, 0.5) is 10.8 Å². The van der Waals surface area contributed by atoms with Gasteiger partial charge in [-0.2, -0.15) is 0 Å². The molecule has 0 saturated carbocycles. The molecule has 2 N–H and O–H groups in total. The Morgan fingerprint density at radius 3 is 2.46 bits per heavy atom. The molecule has 1 heterocycles. The number of rotatable bonds is 8. The van der Waals surface area contributed by atoms with Crippen molar-refractivity contribution >= 4 is 45.7 Å². The quantitative estimate of drug-likeness (QED) is 0.433. The van der Waals surface area contributed by atoms with Crippen molar-refractivity contribution in [2.75, 3.05) is 23.5 Å². The molecular formula is C19H18N4O3S2. The van der Waals surface area contributed by atoms with Crippen molar-refractivity contribution in [1.82, 2.24) is 10.2 Å². The van der Waals surface area contributed by atoms with Gasteiger partial charge in [0.05, 0.1) is 19.3 Å². The minimum atomic E-state index is -0.181. The largest absolute Gasteiger partial charge is 0.497 e. The van der Waals surface area contributed by atoms with E-state index in [1.807, 2.05) is 54.6 Å². The highest BCUT2D eigenvalue weighted by molar-refractivity contribution is 8.01. The molecule has 28 heavy (non-hydrogen) atoms. The van der Waals surface area contributed by atoms with E-state index < -0.39 is 0 Å². The van der Waals surface area contributed by atoms with Crippen LogP contribution in [0.3, 0.4) is 0 Å². The fraction of sp³-hybridized carbons (Fsp3) is 0.158. The lowest BCUT2D eigenvalue weighted by molar-refractivity contribution is -0.115. The molecule has 0 unspecified atom stereocenters. The van der Waals surface area contributed by atoms with Gasteiger partial charge in [0.25, 0.3) is 0 Å². The number of benzene rings is 2. The summed E-state index contributed by atoms with van der Waals surface area (Å²) in [5, 5.41) is 13.9. The summed E-state index contributed by atoms with van der Waals surface area (Å²) in [5.41, 5.74) is 1.62. The van der Waals surface area contributed by atoms with Gasteiger partial charge in [-0.3, -0.25) is 9.59 Å². The van der Waals surface area contributed by atoms with Crippen LogP contribution in [0.5, 0.6) is 5.75 Å². The van der Waals surface area contributed by atoms with Gasteiger partial charge >= 0.3 is 0 Å². The molecule has 0 aliphatic carbocycles. The zero-order valence-electron chi connectivity index (χ0n) is 15.0. The number of aromatic nitrogens is 2. The van der Waals surface area contributed by atoms with Crippen LogP contribution in [0.15, 0.2) is 58.9 Å². The zero-order chi connectivity index (χ0) is 19.8. The lowest BCUT2D eigenvalue weighted by atomic mass is 10.1. The number of anilines is 2. The van der Waals surface area contributed by atoms with E-state index in [9.17, 15) is 9.59 Å². The summed E-state index contributed by atoms with van der Waals surface area (Å²) in [4.78, 5) is 24.1. The third kappa shape index (κ3) is 6.07. The van der Waals surface area contributed by atoms with Gasteiger partial charge in [-0.05, 0) is 29.8 Å². The van der Waals surface area contributed by atoms with Gasteiger partial charge in [0.2, 0.25) is 16.9 Å². The lowest BCUT2D eigenvalue weighted by Crippen LogP contribution is -2.14. The highest BCUT2D eigenvalue weighted by Gasteiger charge is 2.11. The first kappa shape index (κ1) is 19.8. The summed E-state index contributed by atoms with van der Waals surface area (Å²) < 4.78 is 5.71. The first-order valence-electron chi connectivity index (χ1n) is 8.36. The van der Waals surface area contributed by atoms with E-state index >= 15 is 0 Å². The number of carbonyl (C=O) groups is 2. The standard InChI is InChI=1S/C19H18N4O3S2/c1-26-15-9-7-13(8-10-15)11-16(24)21-18-22-23-19(28-18)27-12-17(25)20-14-5-3-2-4-6-14/h2-10H,11-12H2,1H3,(H,20,25)(H,21,22,24). The Labute approximate surface area is 170 Å². The number of hydrogen-bond acceptors (Lipinski definition) is 7. The SMILES string of the molecule is COc1ccc(CC(=O)Nc2nnc(SCC(=O)Nc3ccccc3)s2)cc1. The van der Waals surface area contributed by atoms with Crippen molar-refractivity contribution < 1.29 is 14.3 Å². The molecule has 3 aromatic rings. The molecule has 3 rings (SSSR count). The van der Waals surface area contributed by atoms with E-state index in [2.05, 4.69) is 20.8 Å². The Hall–Kier alpha value is -2.91. The molecule has 2 aromatic carbocycles. The summed E-state index contributed by atoms with van der Waals surface area (Å²) in [6.45, 7) is 0. The molecule has 0 aliphatic heterocycles. The summed E-state index contributed by atoms with van der Waals surface area (Å²) in [6, 6.07) is 16.5. The normalized spacial score (nSPS) is 10.3. The number of thioether (sulfide) groups is 1. The smallest absolute Gasteiger partial charge is 0.234 e. The van der Waals surface area contributed by atoms with Crippen molar-refractivity contribution in [3.05, 3.63) is 60.2 Å². The fourth-order valence-electron chi connectivity index (χ4n) is 2.26. The summed E-state index contributed by atoms with van der Waals surface area (Å²) in [6.07, 6.45) is 0.228. The van der Waals surface area contributed by atoms with Crippen molar-refractivity contribution in [1.29, 1.82) is 0 Å². The number of carbonyl (C=O) groups excluding carboxylic acids is 2. The third-order valence-corrected chi connectivity index (χ3v) is 5.53. The molecule has 0 fully saturated rings. The Bertz CT molecular complexity index is 930. The van der Waals surface area contributed by atoms with E-state index in [-0.39, 0.29) is 24.0 Å². The summed E-state index contributed by atoms with van der Waals surface area (Å²) in [5.74, 6) is 0.644. The second-order valence-electron chi connectivity index (χ2n) is 5.65. The van der Waals surface area contributed by atoms with Crippen LogP contribution in [0, 0.1) is 0 Å². The van der Waals surface area contributed by atoms with Crippen LogP contribution in [-0.4, -0.2) is 34.9 Å². The summed E-state index contributed by atoms with van der Waals surface area (Å²) in [7, 11) is 1.60. The van der Waals surface area contributed by atoms with Gasteiger partial charge in [-0.15, -0.1) is 10.2 Å². The van der Waals surface area contributed by atoms with E-state index in [4.69, 9.17) is 4.74 Å². The maximum absolute atomic E-state index is 12.1. The molecule has 0 atom stereocenters. The van der Waals surface area contributed by atoms with Crippen LogP contribution in [0.2, 0.25) is 0 Å². The van der Waals surface area contributed by atoms with Crippen molar-refractivity contribution in [2.45, 2.75) is 10.8 Å². The Morgan fingerprint density at radius 2 is 1.75 bits per heavy atom. The molecule has 7 nitrogen and oxygen atoms in total.